The molecule has 172 valence electrons. The number of hydrogen-bond acceptors (Lipinski definition) is 6. The molecule has 0 fully saturated rings. The van der Waals surface area contributed by atoms with Crippen LogP contribution in [-0.2, 0) is 10.5 Å². The predicted molar refractivity (Wildman–Crippen MR) is 135 cm³/mol. The molecule has 0 spiro atoms. The Labute approximate surface area is 203 Å². The molecular formula is C24H27ClN6OS. The van der Waals surface area contributed by atoms with Gasteiger partial charge in [-0.15, -0.1) is 5.10 Å². The fraction of sp³-hybridized carbons (Fsp3) is 0.333. The monoisotopic (exact) mass is 482 g/mol. The zero-order chi connectivity index (χ0) is 23.5. The number of carbonyl (C=O) groups excluding carboxylic acids is 1. The first-order valence-electron chi connectivity index (χ1n) is 10.9. The Balaban J connectivity index is 1.67. The average Bonchev–Trinajstić information content (AvgIpc) is 3.21. The van der Waals surface area contributed by atoms with E-state index in [1.165, 1.54) is 11.8 Å². The average molecular weight is 483 g/mol. The van der Waals surface area contributed by atoms with Crippen LogP contribution in [0.1, 0.15) is 37.9 Å². The number of nitrogens with two attached hydrogens (primary N) is 1. The number of rotatable bonds is 8. The Kier molecular flexibility index (Phi) is 7.05. The van der Waals surface area contributed by atoms with Gasteiger partial charge in [-0.2, -0.15) is 4.98 Å². The van der Waals surface area contributed by atoms with Crippen LogP contribution in [0.4, 0.5) is 11.6 Å². The van der Waals surface area contributed by atoms with Crippen molar-refractivity contribution in [1.29, 1.82) is 0 Å². The second-order valence-corrected chi connectivity index (χ2v) is 9.21. The van der Waals surface area contributed by atoms with Crippen LogP contribution in [0.25, 0.3) is 0 Å². The summed E-state index contributed by atoms with van der Waals surface area (Å²) in [6.45, 7) is 7.93. The number of halogens is 1. The lowest BCUT2D eigenvalue weighted by Crippen LogP contribution is -2.39. The number of benzene rings is 2. The smallest absolute Gasteiger partial charge is 0.249 e. The summed E-state index contributed by atoms with van der Waals surface area (Å²) in [6, 6.07) is 15.5. The van der Waals surface area contributed by atoms with Crippen molar-refractivity contribution in [3.05, 3.63) is 64.7 Å². The molecule has 7 nitrogen and oxygen atoms in total. The quantitative estimate of drug-likeness (QED) is 0.463. The van der Waals surface area contributed by atoms with E-state index < -0.39 is 17.9 Å². The van der Waals surface area contributed by atoms with E-state index in [9.17, 15) is 4.79 Å². The second kappa shape index (κ2) is 9.97. The first-order valence-corrected chi connectivity index (χ1v) is 12.3. The van der Waals surface area contributed by atoms with Gasteiger partial charge in [-0.05, 0) is 50.1 Å². The number of anilines is 1. The van der Waals surface area contributed by atoms with E-state index >= 15 is 0 Å². The van der Waals surface area contributed by atoms with Gasteiger partial charge < -0.3 is 10.6 Å². The van der Waals surface area contributed by atoms with Crippen LogP contribution in [0.5, 0.6) is 0 Å². The number of fused-ring (bicyclic) bond motifs is 1. The van der Waals surface area contributed by atoms with Gasteiger partial charge in [-0.1, -0.05) is 53.7 Å². The van der Waals surface area contributed by atoms with E-state index in [0.717, 1.165) is 29.9 Å². The number of aromatic nitrogens is 3. The highest BCUT2D eigenvalue weighted by molar-refractivity contribution is 7.98. The number of aliphatic imine (C=N–C) groups is 1. The largest absolute Gasteiger partial charge is 0.372 e. The molecule has 2 heterocycles. The van der Waals surface area contributed by atoms with E-state index in [1.807, 2.05) is 43.3 Å². The maximum atomic E-state index is 12.4. The summed E-state index contributed by atoms with van der Waals surface area (Å²) in [4.78, 5) is 23.9. The standard InChI is InChI=1S/C24H27ClN6OS/c1-4-30(5-2)18-12-10-16(11-13-18)21-20(22(26)32)15(3)27-23-28-24(29-31(21)23)33-14-17-8-6-7-9-19(17)25/h6-13,20-21H,4-5,14H2,1-3H3,(H2,26,32). The summed E-state index contributed by atoms with van der Waals surface area (Å²) < 4.78 is 1.73. The molecule has 1 amide bonds. The Morgan fingerprint density at radius 2 is 1.85 bits per heavy atom. The molecule has 9 heteroatoms. The molecule has 0 saturated heterocycles. The molecule has 2 N–H and O–H groups in total. The van der Waals surface area contributed by atoms with Gasteiger partial charge in [0.1, 0.15) is 5.92 Å². The van der Waals surface area contributed by atoms with E-state index in [4.69, 9.17) is 22.4 Å². The van der Waals surface area contributed by atoms with E-state index in [1.54, 1.807) is 4.68 Å². The summed E-state index contributed by atoms with van der Waals surface area (Å²) >= 11 is 7.77. The second-order valence-electron chi connectivity index (χ2n) is 7.86. The van der Waals surface area contributed by atoms with Gasteiger partial charge in [0.2, 0.25) is 17.0 Å². The lowest BCUT2D eigenvalue weighted by Gasteiger charge is -2.29. The predicted octanol–water partition coefficient (Wildman–Crippen LogP) is 4.87. The van der Waals surface area contributed by atoms with Gasteiger partial charge in [0.05, 0.1) is 6.04 Å². The third-order valence-electron chi connectivity index (χ3n) is 5.88. The molecule has 0 saturated carbocycles. The molecule has 1 aromatic heterocycles. The molecular weight excluding hydrogens is 456 g/mol. The number of primary amides is 1. The maximum Gasteiger partial charge on any atom is 0.249 e. The normalized spacial score (nSPS) is 17.4. The van der Waals surface area contributed by atoms with Crippen molar-refractivity contribution >= 4 is 46.6 Å². The van der Waals surface area contributed by atoms with Crippen molar-refractivity contribution < 1.29 is 4.79 Å². The lowest BCUT2D eigenvalue weighted by molar-refractivity contribution is -0.120. The highest BCUT2D eigenvalue weighted by atomic mass is 35.5. The van der Waals surface area contributed by atoms with E-state index in [-0.39, 0.29) is 0 Å². The van der Waals surface area contributed by atoms with E-state index in [0.29, 0.717) is 27.6 Å². The minimum atomic E-state index is -0.597. The minimum Gasteiger partial charge on any atom is -0.372 e. The molecule has 0 radical (unpaired) electrons. The van der Waals surface area contributed by atoms with Crippen molar-refractivity contribution in [2.24, 2.45) is 16.6 Å². The molecule has 2 atom stereocenters. The van der Waals surface area contributed by atoms with Crippen LogP contribution in [-0.4, -0.2) is 39.5 Å². The summed E-state index contributed by atoms with van der Waals surface area (Å²) in [5.41, 5.74) is 9.54. The molecule has 1 aliphatic rings. The maximum absolute atomic E-state index is 12.4. The Hall–Kier alpha value is -2.84. The highest BCUT2D eigenvalue weighted by Gasteiger charge is 2.38. The summed E-state index contributed by atoms with van der Waals surface area (Å²) in [6.07, 6.45) is 0. The SMILES string of the molecule is CCN(CC)c1ccc(C2C(C(N)=O)C(C)=Nc3nc(SCc4ccccc4Cl)nn32)cc1. The fourth-order valence-corrected chi connectivity index (χ4v) is 5.25. The lowest BCUT2D eigenvalue weighted by atomic mass is 9.88. The van der Waals surface area contributed by atoms with Crippen molar-refractivity contribution in [3.63, 3.8) is 0 Å². The molecule has 3 aromatic rings. The summed E-state index contributed by atoms with van der Waals surface area (Å²) in [5.74, 6) is 0.0822. The van der Waals surface area contributed by atoms with Crippen molar-refractivity contribution in [2.75, 3.05) is 18.0 Å². The van der Waals surface area contributed by atoms with Gasteiger partial charge in [0.25, 0.3) is 0 Å². The van der Waals surface area contributed by atoms with Crippen LogP contribution in [0.3, 0.4) is 0 Å². The highest BCUT2D eigenvalue weighted by Crippen LogP contribution is 2.37. The number of thioether (sulfide) groups is 1. The van der Waals surface area contributed by atoms with Crippen LogP contribution >= 0.6 is 23.4 Å². The zero-order valence-corrected chi connectivity index (χ0v) is 20.5. The number of amides is 1. The molecule has 33 heavy (non-hydrogen) atoms. The van der Waals surface area contributed by atoms with Gasteiger partial charge in [-0.25, -0.2) is 9.67 Å². The Morgan fingerprint density at radius 3 is 2.48 bits per heavy atom. The van der Waals surface area contributed by atoms with Crippen LogP contribution < -0.4 is 10.6 Å². The van der Waals surface area contributed by atoms with Crippen LogP contribution in [0.15, 0.2) is 58.7 Å². The Morgan fingerprint density at radius 1 is 1.15 bits per heavy atom. The molecule has 2 unspecified atom stereocenters. The minimum absolute atomic E-state index is 0.400. The van der Waals surface area contributed by atoms with Gasteiger partial charge in [0.15, 0.2) is 0 Å². The molecule has 4 rings (SSSR count). The van der Waals surface area contributed by atoms with Crippen LogP contribution in [0, 0.1) is 5.92 Å². The van der Waals surface area contributed by atoms with Gasteiger partial charge in [0, 0.05) is 35.3 Å². The van der Waals surface area contributed by atoms with Crippen molar-refractivity contribution in [3.8, 4) is 0 Å². The summed E-state index contributed by atoms with van der Waals surface area (Å²) in [5, 5.41) is 6.00. The van der Waals surface area contributed by atoms with Crippen LogP contribution in [0.2, 0.25) is 5.02 Å². The third kappa shape index (κ3) is 4.77. The molecule has 1 aliphatic heterocycles. The molecule has 2 aromatic carbocycles. The first kappa shape index (κ1) is 23.3. The number of carbonyl (C=O) groups is 1. The topological polar surface area (TPSA) is 89.4 Å². The van der Waals surface area contributed by atoms with Gasteiger partial charge >= 0.3 is 0 Å². The molecule has 0 bridgehead atoms. The first-order chi connectivity index (χ1) is 15.9. The summed E-state index contributed by atoms with van der Waals surface area (Å²) in [7, 11) is 0. The molecule has 0 aliphatic carbocycles. The number of hydrogen-bond donors (Lipinski definition) is 1. The van der Waals surface area contributed by atoms with E-state index in [2.05, 4.69) is 40.9 Å². The zero-order valence-electron chi connectivity index (χ0n) is 18.9. The van der Waals surface area contributed by atoms with Gasteiger partial charge in [-0.3, -0.25) is 4.79 Å². The third-order valence-corrected chi connectivity index (χ3v) is 7.14. The van der Waals surface area contributed by atoms with Crippen molar-refractivity contribution in [2.45, 2.75) is 37.7 Å². The number of nitrogens with zero attached hydrogens (tertiary/aromatic N) is 5. The Bertz CT molecular complexity index is 1170. The van der Waals surface area contributed by atoms with Crippen molar-refractivity contribution in [1.82, 2.24) is 14.8 Å². The fourth-order valence-electron chi connectivity index (χ4n) is 4.14.